The largest absolute Gasteiger partial charge is 0.323 e. The molecule has 0 atom stereocenters. The average Bonchev–Trinajstić information content (AvgIpc) is 3.00. The first-order chi connectivity index (χ1) is 11.2. The fourth-order valence-electron chi connectivity index (χ4n) is 2.09. The van der Waals surface area contributed by atoms with E-state index in [1.54, 1.807) is 17.8 Å². The molecule has 23 heavy (non-hydrogen) atoms. The van der Waals surface area contributed by atoms with E-state index < -0.39 is 0 Å². The second kappa shape index (κ2) is 7.33. The SMILES string of the molecule is CCSc1nnc(SCC(=O)N2CC(=O)Nc3ccccc32)s1. The monoisotopic (exact) mass is 366 g/mol. The number of amides is 2. The number of aromatic nitrogens is 2. The number of thioether (sulfide) groups is 2. The Bertz CT molecular complexity index is 734. The van der Waals surface area contributed by atoms with Crippen LogP contribution >= 0.6 is 34.9 Å². The van der Waals surface area contributed by atoms with Crippen molar-refractivity contribution in [1.29, 1.82) is 0 Å². The van der Waals surface area contributed by atoms with E-state index in [-0.39, 0.29) is 24.1 Å². The molecule has 6 nitrogen and oxygen atoms in total. The van der Waals surface area contributed by atoms with E-state index in [4.69, 9.17) is 0 Å². The molecule has 3 rings (SSSR count). The molecule has 2 amide bonds. The average molecular weight is 366 g/mol. The number of benzene rings is 1. The Morgan fingerprint density at radius 3 is 2.83 bits per heavy atom. The summed E-state index contributed by atoms with van der Waals surface area (Å²) < 4.78 is 1.68. The highest BCUT2D eigenvalue weighted by Crippen LogP contribution is 2.31. The number of para-hydroxylation sites is 2. The molecular weight excluding hydrogens is 352 g/mol. The number of rotatable bonds is 5. The quantitative estimate of drug-likeness (QED) is 0.820. The molecule has 0 radical (unpaired) electrons. The van der Waals surface area contributed by atoms with Crippen LogP contribution in [0.15, 0.2) is 32.9 Å². The van der Waals surface area contributed by atoms with Crippen LogP contribution in [-0.4, -0.2) is 40.1 Å². The van der Waals surface area contributed by atoms with Crippen molar-refractivity contribution >= 4 is 58.0 Å². The van der Waals surface area contributed by atoms with Crippen LogP contribution in [-0.2, 0) is 9.59 Å². The van der Waals surface area contributed by atoms with Crippen LogP contribution in [0.4, 0.5) is 11.4 Å². The molecule has 0 spiro atoms. The smallest absolute Gasteiger partial charge is 0.244 e. The third-order valence-electron chi connectivity index (χ3n) is 3.05. The molecule has 0 fully saturated rings. The highest BCUT2D eigenvalue weighted by atomic mass is 32.2. The van der Waals surface area contributed by atoms with E-state index in [1.165, 1.54) is 28.0 Å². The van der Waals surface area contributed by atoms with Crippen LogP contribution in [0.25, 0.3) is 0 Å². The molecule has 0 saturated carbocycles. The summed E-state index contributed by atoms with van der Waals surface area (Å²) in [5, 5.41) is 10.9. The number of hydrogen-bond acceptors (Lipinski definition) is 7. The predicted molar refractivity (Wildman–Crippen MR) is 94.5 cm³/mol. The van der Waals surface area contributed by atoms with Gasteiger partial charge in [-0.15, -0.1) is 10.2 Å². The fraction of sp³-hybridized carbons (Fsp3) is 0.286. The van der Waals surface area contributed by atoms with E-state index in [0.717, 1.165) is 20.1 Å². The molecule has 0 unspecified atom stereocenters. The molecule has 2 heterocycles. The van der Waals surface area contributed by atoms with Crippen LogP contribution < -0.4 is 10.2 Å². The van der Waals surface area contributed by atoms with Gasteiger partial charge in [0.1, 0.15) is 6.54 Å². The van der Waals surface area contributed by atoms with Gasteiger partial charge in [-0.2, -0.15) is 0 Å². The molecule has 0 bridgehead atoms. The topological polar surface area (TPSA) is 75.2 Å². The first-order valence-electron chi connectivity index (χ1n) is 6.95. The number of anilines is 2. The molecule has 0 saturated heterocycles. The molecule has 1 aromatic carbocycles. The lowest BCUT2D eigenvalue weighted by Gasteiger charge is -2.28. The van der Waals surface area contributed by atoms with Crippen molar-refractivity contribution in [2.45, 2.75) is 15.6 Å². The maximum absolute atomic E-state index is 12.5. The van der Waals surface area contributed by atoms with Gasteiger partial charge in [-0.1, -0.05) is 53.9 Å². The summed E-state index contributed by atoms with van der Waals surface area (Å²) in [6, 6.07) is 7.30. The van der Waals surface area contributed by atoms with Crippen molar-refractivity contribution in [3.05, 3.63) is 24.3 Å². The van der Waals surface area contributed by atoms with Crippen molar-refractivity contribution in [2.75, 3.05) is 28.3 Å². The van der Waals surface area contributed by atoms with Gasteiger partial charge in [0.05, 0.1) is 17.1 Å². The maximum atomic E-state index is 12.5. The summed E-state index contributed by atoms with van der Waals surface area (Å²) in [7, 11) is 0. The van der Waals surface area contributed by atoms with E-state index >= 15 is 0 Å². The van der Waals surface area contributed by atoms with Crippen LogP contribution in [0.3, 0.4) is 0 Å². The Kier molecular flexibility index (Phi) is 5.19. The molecular formula is C14H14N4O2S3. The second-order valence-electron chi connectivity index (χ2n) is 4.60. The Labute approximate surface area is 146 Å². The zero-order valence-corrected chi connectivity index (χ0v) is 14.8. The number of carbonyl (C=O) groups is 2. The molecule has 1 aliphatic heterocycles. The predicted octanol–water partition coefficient (Wildman–Crippen LogP) is 2.73. The van der Waals surface area contributed by atoms with Gasteiger partial charge < -0.3 is 10.2 Å². The van der Waals surface area contributed by atoms with Crippen molar-refractivity contribution in [1.82, 2.24) is 10.2 Å². The van der Waals surface area contributed by atoms with Gasteiger partial charge in [0, 0.05) is 0 Å². The third-order valence-corrected chi connectivity index (χ3v) is 6.10. The highest BCUT2D eigenvalue weighted by Gasteiger charge is 2.26. The summed E-state index contributed by atoms with van der Waals surface area (Å²) in [5.74, 6) is 0.877. The van der Waals surface area contributed by atoms with Crippen molar-refractivity contribution in [2.24, 2.45) is 0 Å². The number of carbonyl (C=O) groups excluding carboxylic acids is 2. The van der Waals surface area contributed by atoms with E-state index in [2.05, 4.69) is 22.4 Å². The second-order valence-corrected chi connectivity index (χ2v) is 8.31. The normalized spacial score (nSPS) is 13.6. The Morgan fingerprint density at radius 1 is 1.30 bits per heavy atom. The van der Waals surface area contributed by atoms with Gasteiger partial charge in [0.15, 0.2) is 8.68 Å². The van der Waals surface area contributed by atoms with Crippen LogP contribution in [0.1, 0.15) is 6.92 Å². The van der Waals surface area contributed by atoms with Gasteiger partial charge in [-0.05, 0) is 17.9 Å². The minimum atomic E-state index is -0.181. The first-order valence-corrected chi connectivity index (χ1v) is 9.74. The Hall–Kier alpha value is -1.58. The lowest BCUT2D eigenvalue weighted by molar-refractivity contribution is -0.120. The van der Waals surface area contributed by atoms with E-state index in [9.17, 15) is 9.59 Å². The van der Waals surface area contributed by atoms with Crippen LogP contribution in [0.2, 0.25) is 0 Å². The first kappa shape index (κ1) is 16.3. The Morgan fingerprint density at radius 2 is 2.04 bits per heavy atom. The summed E-state index contributed by atoms with van der Waals surface area (Å²) in [4.78, 5) is 25.8. The van der Waals surface area contributed by atoms with Gasteiger partial charge in [-0.25, -0.2) is 0 Å². The molecule has 1 N–H and O–H groups in total. The lowest BCUT2D eigenvalue weighted by Crippen LogP contribution is -2.43. The molecule has 1 aromatic heterocycles. The van der Waals surface area contributed by atoms with Gasteiger partial charge >= 0.3 is 0 Å². The summed E-state index contributed by atoms with van der Waals surface area (Å²) in [5.41, 5.74) is 1.40. The standard InChI is InChI=1S/C14H14N4O2S3/c1-2-21-13-16-17-14(23-13)22-8-12(20)18-7-11(19)15-9-5-3-4-6-10(9)18/h3-6H,2,7-8H2,1H3,(H,15,19). The van der Waals surface area contributed by atoms with Gasteiger partial charge in [0.2, 0.25) is 11.8 Å². The zero-order chi connectivity index (χ0) is 16.2. The number of hydrogen-bond donors (Lipinski definition) is 1. The number of nitrogens with zero attached hydrogens (tertiary/aromatic N) is 3. The van der Waals surface area contributed by atoms with Crippen molar-refractivity contribution in [3.8, 4) is 0 Å². The molecule has 2 aromatic rings. The zero-order valence-electron chi connectivity index (χ0n) is 12.3. The third kappa shape index (κ3) is 3.85. The summed E-state index contributed by atoms with van der Waals surface area (Å²) in [6.07, 6.45) is 0. The summed E-state index contributed by atoms with van der Waals surface area (Å²) >= 11 is 4.47. The van der Waals surface area contributed by atoms with E-state index in [1.807, 2.05) is 18.2 Å². The molecule has 9 heteroatoms. The van der Waals surface area contributed by atoms with Gasteiger partial charge in [-0.3, -0.25) is 9.59 Å². The summed E-state index contributed by atoms with van der Waals surface area (Å²) in [6.45, 7) is 2.10. The number of fused-ring (bicyclic) bond motifs is 1. The Balaban J connectivity index is 1.67. The fourth-order valence-corrected chi connectivity index (χ4v) is 4.89. The number of nitrogens with one attached hydrogen (secondary N) is 1. The molecule has 120 valence electrons. The molecule has 1 aliphatic rings. The lowest BCUT2D eigenvalue weighted by atomic mass is 10.2. The highest BCUT2D eigenvalue weighted by molar-refractivity contribution is 8.03. The van der Waals surface area contributed by atoms with Crippen molar-refractivity contribution in [3.63, 3.8) is 0 Å². The minimum Gasteiger partial charge on any atom is -0.323 e. The van der Waals surface area contributed by atoms with E-state index in [0.29, 0.717) is 5.69 Å². The maximum Gasteiger partial charge on any atom is 0.244 e. The van der Waals surface area contributed by atoms with Crippen molar-refractivity contribution < 1.29 is 9.59 Å². The van der Waals surface area contributed by atoms with Crippen LogP contribution in [0, 0.1) is 0 Å². The van der Waals surface area contributed by atoms with Crippen LogP contribution in [0.5, 0.6) is 0 Å². The minimum absolute atomic E-state index is 0.0451. The molecule has 0 aliphatic carbocycles. The van der Waals surface area contributed by atoms with Gasteiger partial charge in [0.25, 0.3) is 0 Å².